The number of sulfonamides is 1. The fourth-order valence-electron chi connectivity index (χ4n) is 2.91. The Morgan fingerprint density at radius 1 is 1.12 bits per heavy atom. The van der Waals surface area contributed by atoms with Gasteiger partial charge >= 0.3 is 0 Å². The minimum absolute atomic E-state index is 0.158. The highest BCUT2D eigenvalue weighted by molar-refractivity contribution is 7.89. The Hall–Kier alpha value is -1.89. The van der Waals surface area contributed by atoms with Crippen LogP contribution in [-0.2, 0) is 27.8 Å². The number of nitrogens with zero attached hydrogens (tertiary/aromatic N) is 1. The van der Waals surface area contributed by atoms with Gasteiger partial charge < -0.3 is 9.47 Å². The summed E-state index contributed by atoms with van der Waals surface area (Å²) in [5.41, 5.74) is 2.39. The molecule has 0 saturated heterocycles. The largest absolute Gasteiger partial charge is 0.495 e. The number of likely N-dealkylation sites (N-methyl/N-ethyl adjacent to an activating group) is 1. The Bertz CT molecular complexity index is 819. The van der Waals surface area contributed by atoms with Crippen molar-refractivity contribution in [2.45, 2.75) is 24.0 Å². The maximum absolute atomic E-state index is 12.8. The van der Waals surface area contributed by atoms with E-state index in [0.717, 1.165) is 0 Å². The molecule has 0 fully saturated rings. The summed E-state index contributed by atoms with van der Waals surface area (Å²) < 4.78 is 38.0. The Balaban J connectivity index is 1.76. The molecule has 2 aromatic carbocycles. The van der Waals surface area contributed by atoms with Gasteiger partial charge in [0.15, 0.2) is 0 Å². The molecule has 0 aromatic heterocycles. The van der Waals surface area contributed by atoms with Gasteiger partial charge in [-0.05, 0) is 23.3 Å². The summed E-state index contributed by atoms with van der Waals surface area (Å²) in [5, 5.41) is 0. The number of benzene rings is 2. The van der Waals surface area contributed by atoms with Crippen molar-refractivity contribution in [1.29, 1.82) is 0 Å². The molecule has 0 amide bonds. The Morgan fingerprint density at radius 2 is 1.79 bits per heavy atom. The molecule has 6 heteroatoms. The van der Waals surface area contributed by atoms with Gasteiger partial charge in [-0.2, -0.15) is 4.31 Å². The van der Waals surface area contributed by atoms with E-state index >= 15 is 0 Å². The topological polar surface area (TPSA) is 55.8 Å². The first-order chi connectivity index (χ1) is 11.5. The first-order valence-corrected chi connectivity index (χ1v) is 9.24. The third kappa shape index (κ3) is 3.31. The van der Waals surface area contributed by atoms with Crippen LogP contribution in [0.3, 0.4) is 0 Å². The molecular weight excluding hydrogens is 326 g/mol. The summed E-state index contributed by atoms with van der Waals surface area (Å²) in [7, 11) is -0.587. The van der Waals surface area contributed by atoms with Crippen LogP contribution in [0.5, 0.6) is 5.75 Å². The van der Waals surface area contributed by atoms with Crippen LogP contribution in [0, 0.1) is 0 Å². The molecule has 0 saturated carbocycles. The zero-order valence-electron chi connectivity index (χ0n) is 13.8. The number of para-hydroxylation sites is 1. The monoisotopic (exact) mass is 347 g/mol. The van der Waals surface area contributed by atoms with Gasteiger partial charge in [0.05, 0.1) is 19.8 Å². The fourth-order valence-corrected chi connectivity index (χ4v) is 4.27. The normalized spacial score (nSPS) is 17.5. The van der Waals surface area contributed by atoms with Crippen LogP contribution in [0.4, 0.5) is 0 Å². The van der Waals surface area contributed by atoms with Gasteiger partial charge in [-0.3, -0.25) is 0 Å². The highest BCUT2D eigenvalue weighted by Crippen LogP contribution is 2.27. The number of hydrogen-bond acceptors (Lipinski definition) is 4. The zero-order chi connectivity index (χ0) is 17.2. The summed E-state index contributed by atoms with van der Waals surface area (Å²) in [4.78, 5) is 0.172. The van der Waals surface area contributed by atoms with Gasteiger partial charge in [-0.1, -0.05) is 36.4 Å². The van der Waals surface area contributed by atoms with Crippen molar-refractivity contribution in [3.8, 4) is 5.75 Å². The molecule has 0 radical (unpaired) electrons. The van der Waals surface area contributed by atoms with E-state index in [1.54, 1.807) is 31.3 Å². The van der Waals surface area contributed by atoms with Crippen molar-refractivity contribution >= 4 is 10.0 Å². The lowest BCUT2D eigenvalue weighted by atomic mass is 9.99. The molecule has 0 aliphatic carbocycles. The standard InChI is InChI=1S/C18H21NO4S/c1-19(24(20,21)18-10-6-5-9-17(18)22-2)12-16-11-14-7-3-4-8-15(14)13-23-16/h3-10,16H,11-13H2,1-2H3. The Morgan fingerprint density at radius 3 is 2.54 bits per heavy atom. The van der Waals surface area contributed by atoms with Crippen LogP contribution in [0.1, 0.15) is 11.1 Å². The molecule has 1 unspecified atom stereocenters. The molecule has 2 aromatic rings. The van der Waals surface area contributed by atoms with Gasteiger partial charge in [-0.25, -0.2) is 8.42 Å². The number of ether oxygens (including phenoxy) is 2. The van der Waals surface area contributed by atoms with Gasteiger partial charge in [0.1, 0.15) is 10.6 Å². The van der Waals surface area contributed by atoms with Gasteiger partial charge in [0.2, 0.25) is 10.0 Å². The Labute approximate surface area is 142 Å². The van der Waals surface area contributed by atoms with E-state index in [4.69, 9.17) is 9.47 Å². The van der Waals surface area contributed by atoms with E-state index in [-0.39, 0.29) is 11.0 Å². The van der Waals surface area contributed by atoms with Crippen molar-refractivity contribution in [3.05, 3.63) is 59.7 Å². The molecule has 128 valence electrons. The van der Waals surface area contributed by atoms with E-state index in [9.17, 15) is 8.42 Å². The zero-order valence-corrected chi connectivity index (χ0v) is 14.6. The number of fused-ring (bicyclic) bond motifs is 1. The maximum Gasteiger partial charge on any atom is 0.246 e. The van der Waals surface area contributed by atoms with Crippen molar-refractivity contribution in [3.63, 3.8) is 0 Å². The third-order valence-corrected chi connectivity index (χ3v) is 6.12. The highest BCUT2D eigenvalue weighted by Gasteiger charge is 2.28. The first-order valence-electron chi connectivity index (χ1n) is 7.80. The lowest BCUT2D eigenvalue weighted by Gasteiger charge is -2.28. The predicted octanol–water partition coefficient (Wildman–Crippen LogP) is 2.46. The van der Waals surface area contributed by atoms with Gasteiger partial charge in [0, 0.05) is 20.0 Å². The van der Waals surface area contributed by atoms with E-state index in [1.165, 1.54) is 22.5 Å². The van der Waals surface area contributed by atoms with Crippen molar-refractivity contribution in [1.82, 2.24) is 4.31 Å². The van der Waals surface area contributed by atoms with Crippen LogP contribution < -0.4 is 4.74 Å². The molecule has 1 heterocycles. The number of methoxy groups -OCH3 is 1. The molecule has 0 spiro atoms. The molecule has 1 aliphatic heterocycles. The van der Waals surface area contributed by atoms with Crippen LogP contribution in [0.15, 0.2) is 53.4 Å². The van der Waals surface area contributed by atoms with Crippen molar-refractivity contribution < 1.29 is 17.9 Å². The molecule has 24 heavy (non-hydrogen) atoms. The molecular formula is C18H21NO4S. The second-order valence-electron chi connectivity index (χ2n) is 5.84. The number of hydrogen-bond donors (Lipinski definition) is 0. The van der Waals surface area contributed by atoms with E-state index in [1.807, 2.05) is 18.2 Å². The average Bonchev–Trinajstić information content (AvgIpc) is 2.61. The van der Waals surface area contributed by atoms with E-state index in [2.05, 4.69) is 6.07 Å². The van der Waals surface area contributed by atoms with Gasteiger partial charge in [0.25, 0.3) is 0 Å². The smallest absolute Gasteiger partial charge is 0.246 e. The third-order valence-electron chi connectivity index (χ3n) is 4.26. The van der Waals surface area contributed by atoms with Crippen molar-refractivity contribution in [2.24, 2.45) is 0 Å². The molecule has 3 rings (SSSR count). The minimum atomic E-state index is -3.63. The second kappa shape index (κ2) is 6.93. The van der Waals surface area contributed by atoms with Crippen molar-refractivity contribution in [2.75, 3.05) is 20.7 Å². The van der Waals surface area contributed by atoms with E-state index in [0.29, 0.717) is 25.3 Å². The molecule has 5 nitrogen and oxygen atoms in total. The molecule has 1 atom stereocenters. The SMILES string of the molecule is COc1ccccc1S(=O)(=O)N(C)CC1Cc2ccccc2CO1. The van der Waals surface area contributed by atoms with Crippen LogP contribution >= 0.6 is 0 Å². The molecule has 1 aliphatic rings. The quantitative estimate of drug-likeness (QED) is 0.834. The Kier molecular flexibility index (Phi) is 4.89. The predicted molar refractivity (Wildman–Crippen MR) is 91.5 cm³/mol. The van der Waals surface area contributed by atoms with Crippen LogP contribution in [-0.4, -0.2) is 39.5 Å². The summed E-state index contributed by atoms with van der Waals surface area (Å²) >= 11 is 0. The van der Waals surface area contributed by atoms with Crippen LogP contribution in [0.25, 0.3) is 0 Å². The average molecular weight is 347 g/mol. The maximum atomic E-state index is 12.8. The summed E-state index contributed by atoms with van der Waals surface area (Å²) in [6, 6.07) is 14.7. The molecule has 0 bridgehead atoms. The summed E-state index contributed by atoms with van der Waals surface area (Å²) in [5.74, 6) is 0.347. The summed E-state index contributed by atoms with van der Waals surface area (Å²) in [6.45, 7) is 0.818. The lowest BCUT2D eigenvalue weighted by Crippen LogP contribution is -2.38. The second-order valence-corrected chi connectivity index (χ2v) is 7.86. The van der Waals surface area contributed by atoms with E-state index < -0.39 is 10.0 Å². The number of rotatable bonds is 5. The van der Waals surface area contributed by atoms with Crippen LogP contribution in [0.2, 0.25) is 0 Å². The lowest BCUT2D eigenvalue weighted by molar-refractivity contribution is 0.0202. The summed E-state index contributed by atoms with van der Waals surface area (Å²) in [6.07, 6.45) is 0.552. The molecule has 0 N–H and O–H groups in total. The van der Waals surface area contributed by atoms with Gasteiger partial charge in [-0.15, -0.1) is 0 Å². The first kappa shape index (κ1) is 17.0. The minimum Gasteiger partial charge on any atom is -0.495 e. The highest BCUT2D eigenvalue weighted by atomic mass is 32.2. The fraction of sp³-hybridized carbons (Fsp3) is 0.333.